The van der Waals surface area contributed by atoms with Crippen molar-refractivity contribution in [2.75, 3.05) is 26.2 Å². The van der Waals surface area contributed by atoms with E-state index in [4.69, 9.17) is 26.1 Å². The molecular formula is C48H59ClN6O5. The Morgan fingerprint density at radius 1 is 0.833 bits per heavy atom. The van der Waals surface area contributed by atoms with Crippen LogP contribution in [-0.2, 0) is 51.6 Å². The van der Waals surface area contributed by atoms with Crippen molar-refractivity contribution in [3.8, 4) is 0 Å². The average molecular weight is 835 g/mol. The van der Waals surface area contributed by atoms with Crippen molar-refractivity contribution < 1.29 is 23.9 Å². The summed E-state index contributed by atoms with van der Waals surface area (Å²) >= 11 is 6.56. The maximum Gasteiger partial charge on any atom is 0.410 e. The Balaban J connectivity index is 1.03. The summed E-state index contributed by atoms with van der Waals surface area (Å²) in [5, 5.41) is 0.699. The first-order valence-corrected chi connectivity index (χ1v) is 22.7. The fourth-order valence-corrected chi connectivity index (χ4v) is 10.0. The molecule has 0 unspecified atom stereocenters. The number of aromatic nitrogens is 3. The van der Waals surface area contributed by atoms with Gasteiger partial charge < -0.3 is 18.9 Å². The first-order valence-electron chi connectivity index (χ1n) is 22.3. The summed E-state index contributed by atoms with van der Waals surface area (Å²) in [5.74, 6) is 0.818. The third-order valence-electron chi connectivity index (χ3n) is 13.1. The Labute approximate surface area is 359 Å². The van der Waals surface area contributed by atoms with Gasteiger partial charge in [0.25, 0.3) is 0 Å². The summed E-state index contributed by atoms with van der Waals surface area (Å²) in [6.45, 7) is 2.78. The Bertz CT molecular complexity index is 2060. The summed E-state index contributed by atoms with van der Waals surface area (Å²) in [7, 11) is 0. The lowest BCUT2D eigenvalue weighted by atomic mass is 9.87. The number of amides is 2. The minimum atomic E-state index is -0.780. The molecule has 0 radical (unpaired) electrons. The maximum absolute atomic E-state index is 15.3. The highest BCUT2D eigenvalue weighted by atomic mass is 35.5. The average Bonchev–Trinajstić information content (AvgIpc) is 3.66. The number of hydrogen-bond donors (Lipinski definition) is 0. The van der Waals surface area contributed by atoms with Crippen molar-refractivity contribution >= 4 is 29.6 Å². The molecule has 2 atom stereocenters. The molecule has 318 valence electrons. The molecule has 4 aromatic rings. The summed E-state index contributed by atoms with van der Waals surface area (Å²) in [6, 6.07) is 19.3. The van der Waals surface area contributed by atoms with Crippen molar-refractivity contribution in [3.63, 3.8) is 0 Å². The summed E-state index contributed by atoms with van der Waals surface area (Å²) in [5.41, 5.74) is 5.49. The topological polar surface area (TPSA) is 110 Å². The minimum Gasteiger partial charge on any atom is -0.457 e. The fraction of sp³-hybridized carbons (Fsp3) is 0.521. The zero-order valence-electron chi connectivity index (χ0n) is 34.8. The molecule has 11 nitrogen and oxygen atoms in total. The smallest absolute Gasteiger partial charge is 0.410 e. The third kappa shape index (κ3) is 10.4. The second-order valence-corrected chi connectivity index (χ2v) is 17.6. The lowest BCUT2D eigenvalue weighted by molar-refractivity contribution is -0.146. The van der Waals surface area contributed by atoms with Gasteiger partial charge in [-0.05, 0) is 104 Å². The molecule has 0 spiro atoms. The number of halogens is 1. The standard InChI is InChI=1S/C48H59ClN6O5/c49-39-21-22-41-38(31-39)20-19-37-16-10-23-51-45(37)46(41)53-28-29-55(48(58)60-40-17-8-3-9-18-40)42(33-53)47(57)54(32-36-14-6-2-7-15-36)26-11-25-52-27-24-50-43(52)34-59-44(56)30-35-12-4-1-5-13-35/h2,6-7,10,14-16,21-24,27,31,35,40,42,46H,1,3-5,8-9,11-13,17-20,25-26,28-30,32-34H2/t42-,46-/m1/s1. The Kier molecular flexibility index (Phi) is 14.1. The van der Waals surface area contributed by atoms with E-state index >= 15 is 4.79 Å². The fourth-order valence-electron chi connectivity index (χ4n) is 9.84. The highest BCUT2D eigenvalue weighted by Gasteiger charge is 2.43. The molecule has 4 aliphatic rings. The summed E-state index contributed by atoms with van der Waals surface area (Å²) in [4.78, 5) is 57.6. The maximum atomic E-state index is 15.3. The third-order valence-corrected chi connectivity index (χ3v) is 13.3. The van der Waals surface area contributed by atoms with Crippen molar-refractivity contribution in [2.45, 2.75) is 128 Å². The van der Waals surface area contributed by atoms with Gasteiger partial charge in [0.05, 0.1) is 11.7 Å². The number of esters is 1. The Morgan fingerprint density at radius 2 is 1.62 bits per heavy atom. The van der Waals surface area contributed by atoms with E-state index < -0.39 is 12.1 Å². The van der Waals surface area contributed by atoms with Gasteiger partial charge in [0.15, 0.2) is 0 Å². The highest BCUT2D eigenvalue weighted by molar-refractivity contribution is 6.30. The van der Waals surface area contributed by atoms with Gasteiger partial charge in [-0.3, -0.25) is 24.4 Å². The van der Waals surface area contributed by atoms with Gasteiger partial charge >= 0.3 is 12.1 Å². The van der Waals surface area contributed by atoms with Gasteiger partial charge in [-0.15, -0.1) is 0 Å². The van der Waals surface area contributed by atoms with Crippen molar-refractivity contribution in [3.05, 3.63) is 118 Å². The van der Waals surface area contributed by atoms with Gasteiger partial charge in [0, 0.05) is 69.3 Å². The van der Waals surface area contributed by atoms with Gasteiger partial charge in [0.2, 0.25) is 5.91 Å². The molecule has 3 fully saturated rings. The molecule has 0 bridgehead atoms. The molecule has 8 rings (SSSR count). The molecule has 3 heterocycles. The molecule has 2 aromatic carbocycles. The van der Waals surface area contributed by atoms with Crippen LogP contribution in [0.2, 0.25) is 5.02 Å². The first-order chi connectivity index (χ1) is 29.4. The SMILES string of the molecule is O=C(CC1CCCCC1)OCc1nccn1CCCN(Cc1ccccc1)C(=O)[C@H]1CN([C@@H]2c3ccc(Cl)cc3CCc3cccnc32)CCN1C(=O)OC1CCCCC1. The molecular weight excluding hydrogens is 776 g/mol. The number of hydrogen-bond acceptors (Lipinski definition) is 8. The number of nitrogens with zero attached hydrogens (tertiary/aromatic N) is 6. The molecule has 1 aliphatic heterocycles. The zero-order chi connectivity index (χ0) is 41.3. The minimum absolute atomic E-state index is 0.113. The lowest BCUT2D eigenvalue weighted by Gasteiger charge is -2.45. The number of pyridine rings is 1. The predicted molar refractivity (Wildman–Crippen MR) is 230 cm³/mol. The summed E-state index contributed by atoms with van der Waals surface area (Å²) in [6.07, 6.45) is 18.5. The number of piperazine rings is 1. The molecule has 1 saturated heterocycles. The van der Waals surface area contributed by atoms with Crippen LogP contribution in [0.3, 0.4) is 0 Å². The molecule has 2 saturated carbocycles. The number of benzene rings is 2. The zero-order valence-corrected chi connectivity index (χ0v) is 35.5. The second-order valence-electron chi connectivity index (χ2n) is 17.1. The normalized spacial score (nSPS) is 20.1. The van der Waals surface area contributed by atoms with Crippen LogP contribution in [0, 0.1) is 5.92 Å². The van der Waals surface area contributed by atoms with Crippen LogP contribution in [0.1, 0.15) is 117 Å². The van der Waals surface area contributed by atoms with Crippen LogP contribution in [0.4, 0.5) is 4.79 Å². The Hall–Kier alpha value is -4.74. The van der Waals surface area contributed by atoms with E-state index in [0.717, 1.165) is 74.6 Å². The van der Waals surface area contributed by atoms with E-state index in [1.807, 2.05) is 64.3 Å². The molecule has 0 N–H and O–H groups in total. The molecule has 12 heteroatoms. The van der Waals surface area contributed by atoms with Crippen LogP contribution >= 0.6 is 11.6 Å². The molecule has 3 aliphatic carbocycles. The van der Waals surface area contributed by atoms with Crippen molar-refractivity contribution in [1.82, 2.24) is 29.2 Å². The van der Waals surface area contributed by atoms with Gasteiger partial charge in [-0.1, -0.05) is 79.7 Å². The quantitative estimate of drug-likeness (QED) is 0.123. The number of rotatable bonds is 13. The highest BCUT2D eigenvalue weighted by Crippen LogP contribution is 2.38. The first kappa shape index (κ1) is 42.0. The van der Waals surface area contributed by atoms with Crippen LogP contribution in [0.25, 0.3) is 0 Å². The van der Waals surface area contributed by atoms with Crippen LogP contribution in [0.5, 0.6) is 0 Å². The second kappa shape index (κ2) is 20.2. The number of carbonyl (C=O) groups excluding carboxylic acids is 3. The number of carbonyl (C=O) groups is 3. The van der Waals surface area contributed by atoms with Crippen molar-refractivity contribution in [2.24, 2.45) is 5.92 Å². The van der Waals surface area contributed by atoms with Crippen LogP contribution in [-0.4, -0.2) is 85.5 Å². The van der Waals surface area contributed by atoms with E-state index in [2.05, 4.69) is 28.1 Å². The Morgan fingerprint density at radius 3 is 2.43 bits per heavy atom. The molecule has 60 heavy (non-hydrogen) atoms. The van der Waals surface area contributed by atoms with Crippen molar-refractivity contribution in [1.29, 1.82) is 0 Å². The number of fused-ring (bicyclic) bond motifs is 2. The number of aryl methyl sites for hydroxylation is 3. The van der Waals surface area contributed by atoms with E-state index in [0.29, 0.717) is 68.9 Å². The van der Waals surface area contributed by atoms with Gasteiger partial charge in [-0.2, -0.15) is 0 Å². The lowest BCUT2D eigenvalue weighted by Crippen LogP contribution is -2.62. The predicted octanol–water partition coefficient (Wildman–Crippen LogP) is 8.71. The van der Waals surface area contributed by atoms with E-state index in [1.165, 1.54) is 30.4 Å². The molecule has 2 amide bonds. The van der Waals surface area contributed by atoms with Crippen LogP contribution in [0.15, 0.2) is 79.3 Å². The van der Waals surface area contributed by atoms with E-state index in [1.54, 1.807) is 11.1 Å². The summed E-state index contributed by atoms with van der Waals surface area (Å²) < 4.78 is 13.9. The number of ether oxygens (including phenoxy) is 2. The molecule has 2 aromatic heterocycles. The van der Waals surface area contributed by atoms with Gasteiger partial charge in [0.1, 0.15) is 24.6 Å². The van der Waals surface area contributed by atoms with Crippen LogP contribution < -0.4 is 0 Å². The largest absolute Gasteiger partial charge is 0.457 e. The number of imidazole rings is 1. The van der Waals surface area contributed by atoms with E-state index in [-0.39, 0.29) is 30.6 Å². The van der Waals surface area contributed by atoms with E-state index in [9.17, 15) is 9.59 Å². The van der Waals surface area contributed by atoms with Gasteiger partial charge in [-0.25, -0.2) is 9.78 Å². The monoisotopic (exact) mass is 834 g/mol.